The van der Waals surface area contributed by atoms with Gasteiger partial charge in [-0.3, -0.25) is 4.90 Å². The van der Waals surface area contributed by atoms with E-state index >= 15 is 0 Å². The fraction of sp³-hybridized carbons (Fsp3) is 0.538. The van der Waals surface area contributed by atoms with Crippen molar-refractivity contribution in [2.45, 2.75) is 39.8 Å². The van der Waals surface area contributed by atoms with Crippen LogP contribution in [0.1, 0.15) is 32.8 Å². The molecule has 0 unspecified atom stereocenters. The third-order valence-corrected chi connectivity index (χ3v) is 2.47. The van der Waals surface area contributed by atoms with Gasteiger partial charge >= 0.3 is 0 Å². The van der Waals surface area contributed by atoms with E-state index in [1.54, 1.807) is 0 Å². The van der Waals surface area contributed by atoms with Gasteiger partial charge in [0.1, 0.15) is 0 Å². The average Bonchev–Trinajstić information content (AvgIpc) is 2.18. The Morgan fingerprint density at radius 3 is 2.29 bits per heavy atom. The molecule has 0 atom stereocenters. The van der Waals surface area contributed by atoms with Gasteiger partial charge in [-0.15, -0.1) is 0 Å². The molecule has 14 heavy (non-hydrogen) atoms. The van der Waals surface area contributed by atoms with Gasteiger partial charge in [-0.1, -0.05) is 37.3 Å². The molecule has 0 saturated heterocycles. The highest BCUT2D eigenvalue weighted by atomic mass is 15.1. The number of hydrogen-bond acceptors (Lipinski definition) is 1. The van der Waals surface area contributed by atoms with Crippen LogP contribution in [0.2, 0.25) is 0 Å². The zero-order valence-electron chi connectivity index (χ0n) is 9.53. The molecule has 0 aliphatic heterocycles. The lowest BCUT2D eigenvalue weighted by Crippen LogP contribution is -2.30. The molecule has 0 spiro atoms. The Morgan fingerprint density at radius 1 is 1.14 bits per heavy atom. The maximum absolute atomic E-state index is 2.51. The van der Waals surface area contributed by atoms with Crippen molar-refractivity contribution in [1.82, 2.24) is 4.90 Å². The number of rotatable bonds is 5. The second-order valence-corrected chi connectivity index (χ2v) is 4.05. The van der Waals surface area contributed by atoms with Gasteiger partial charge < -0.3 is 0 Å². The molecule has 1 heteroatoms. The second-order valence-electron chi connectivity index (χ2n) is 4.05. The van der Waals surface area contributed by atoms with Gasteiger partial charge in [-0.25, -0.2) is 0 Å². The van der Waals surface area contributed by atoms with E-state index in [0.717, 1.165) is 6.54 Å². The first-order valence-corrected chi connectivity index (χ1v) is 5.52. The lowest BCUT2D eigenvalue weighted by molar-refractivity contribution is 0.213. The lowest BCUT2D eigenvalue weighted by atomic mass is 10.2. The Balaban J connectivity index is 2.55. The van der Waals surface area contributed by atoms with Crippen molar-refractivity contribution < 1.29 is 0 Å². The van der Waals surface area contributed by atoms with E-state index in [1.807, 2.05) is 0 Å². The van der Waals surface area contributed by atoms with Gasteiger partial charge in [-0.2, -0.15) is 0 Å². The van der Waals surface area contributed by atoms with Crippen LogP contribution in [-0.4, -0.2) is 17.5 Å². The van der Waals surface area contributed by atoms with E-state index in [2.05, 4.69) is 56.0 Å². The average molecular weight is 191 g/mol. The minimum absolute atomic E-state index is 0.634. The predicted octanol–water partition coefficient (Wildman–Crippen LogP) is 3.31. The van der Waals surface area contributed by atoms with Gasteiger partial charge in [-0.05, 0) is 32.4 Å². The molecule has 0 aliphatic carbocycles. The molecular formula is C13H21N. The van der Waals surface area contributed by atoms with Crippen LogP contribution < -0.4 is 0 Å². The summed E-state index contributed by atoms with van der Waals surface area (Å²) in [4.78, 5) is 2.51. The van der Waals surface area contributed by atoms with E-state index in [9.17, 15) is 0 Å². The quantitative estimate of drug-likeness (QED) is 0.690. The van der Waals surface area contributed by atoms with Crippen LogP contribution in [0.3, 0.4) is 0 Å². The minimum Gasteiger partial charge on any atom is -0.297 e. The third kappa shape index (κ3) is 3.51. The molecule has 0 N–H and O–H groups in total. The molecule has 78 valence electrons. The summed E-state index contributed by atoms with van der Waals surface area (Å²) in [6.07, 6.45) is 1.23. The van der Waals surface area contributed by atoms with Gasteiger partial charge in [0, 0.05) is 12.6 Å². The Bertz CT molecular complexity index is 241. The second kappa shape index (κ2) is 5.82. The summed E-state index contributed by atoms with van der Waals surface area (Å²) in [5, 5.41) is 0. The number of benzene rings is 1. The first kappa shape index (κ1) is 11.3. The van der Waals surface area contributed by atoms with Crippen LogP contribution in [0.5, 0.6) is 0 Å². The molecule has 0 amide bonds. The molecule has 0 radical (unpaired) electrons. The fourth-order valence-corrected chi connectivity index (χ4v) is 1.62. The van der Waals surface area contributed by atoms with Crippen LogP contribution in [0.15, 0.2) is 30.3 Å². The highest BCUT2D eigenvalue weighted by Crippen LogP contribution is 2.08. The van der Waals surface area contributed by atoms with Crippen molar-refractivity contribution in [2.24, 2.45) is 0 Å². The summed E-state index contributed by atoms with van der Waals surface area (Å²) in [7, 11) is 0. The molecule has 0 saturated carbocycles. The standard InChI is InChI=1S/C13H21N/c1-4-10-14(12(2)3)11-13-8-6-5-7-9-13/h5-9,12H,4,10-11H2,1-3H3. The topological polar surface area (TPSA) is 3.24 Å². The first-order chi connectivity index (χ1) is 6.74. The summed E-state index contributed by atoms with van der Waals surface area (Å²) in [6.45, 7) is 9.02. The molecule has 0 aromatic heterocycles. The molecule has 1 nitrogen and oxygen atoms in total. The zero-order valence-corrected chi connectivity index (χ0v) is 9.53. The summed E-state index contributed by atoms with van der Waals surface area (Å²) in [5.41, 5.74) is 1.41. The maximum atomic E-state index is 2.51. The Kier molecular flexibility index (Phi) is 4.68. The van der Waals surface area contributed by atoms with Gasteiger partial charge in [0.25, 0.3) is 0 Å². The van der Waals surface area contributed by atoms with Crippen molar-refractivity contribution in [2.75, 3.05) is 6.54 Å². The van der Waals surface area contributed by atoms with Gasteiger partial charge in [0.15, 0.2) is 0 Å². The van der Waals surface area contributed by atoms with Crippen molar-refractivity contribution in [3.8, 4) is 0 Å². The Labute approximate surface area is 87.7 Å². The lowest BCUT2D eigenvalue weighted by Gasteiger charge is -2.25. The summed E-state index contributed by atoms with van der Waals surface area (Å²) in [6, 6.07) is 11.3. The van der Waals surface area contributed by atoms with Crippen molar-refractivity contribution >= 4 is 0 Å². The minimum atomic E-state index is 0.634. The van der Waals surface area contributed by atoms with Crippen LogP contribution >= 0.6 is 0 Å². The molecule has 0 aliphatic rings. The van der Waals surface area contributed by atoms with Crippen LogP contribution in [-0.2, 0) is 6.54 Å². The monoisotopic (exact) mass is 191 g/mol. The molecule has 0 heterocycles. The first-order valence-electron chi connectivity index (χ1n) is 5.52. The largest absolute Gasteiger partial charge is 0.297 e. The molecule has 0 fully saturated rings. The van der Waals surface area contributed by atoms with Crippen LogP contribution in [0.25, 0.3) is 0 Å². The van der Waals surface area contributed by atoms with Gasteiger partial charge in [0.2, 0.25) is 0 Å². The molecule has 0 bridgehead atoms. The highest BCUT2D eigenvalue weighted by Gasteiger charge is 2.07. The fourth-order valence-electron chi connectivity index (χ4n) is 1.62. The predicted molar refractivity (Wildman–Crippen MR) is 62.3 cm³/mol. The smallest absolute Gasteiger partial charge is 0.0236 e. The molecule has 1 aromatic carbocycles. The molecular weight excluding hydrogens is 170 g/mol. The van der Waals surface area contributed by atoms with Crippen molar-refractivity contribution in [3.05, 3.63) is 35.9 Å². The Hall–Kier alpha value is -0.820. The highest BCUT2D eigenvalue weighted by molar-refractivity contribution is 5.14. The summed E-state index contributed by atoms with van der Waals surface area (Å²) < 4.78 is 0. The maximum Gasteiger partial charge on any atom is 0.0236 e. The number of nitrogens with zero attached hydrogens (tertiary/aromatic N) is 1. The SMILES string of the molecule is CCCN(Cc1ccccc1)C(C)C. The van der Waals surface area contributed by atoms with E-state index in [-0.39, 0.29) is 0 Å². The molecule has 1 rings (SSSR count). The zero-order chi connectivity index (χ0) is 10.4. The summed E-state index contributed by atoms with van der Waals surface area (Å²) >= 11 is 0. The van der Waals surface area contributed by atoms with Crippen LogP contribution in [0, 0.1) is 0 Å². The normalized spacial score (nSPS) is 11.2. The van der Waals surface area contributed by atoms with E-state index in [4.69, 9.17) is 0 Å². The Morgan fingerprint density at radius 2 is 1.79 bits per heavy atom. The van der Waals surface area contributed by atoms with Gasteiger partial charge in [0.05, 0.1) is 0 Å². The van der Waals surface area contributed by atoms with E-state index < -0.39 is 0 Å². The number of hydrogen-bond donors (Lipinski definition) is 0. The van der Waals surface area contributed by atoms with E-state index in [0.29, 0.717) is 6.04 Å². The van der Waals surface area contributed by atoms with Crippen molar-refractivity contribution in [3.63, 3.8) is 0 Å². The third-order valence-electron chi connectivity index (χ3n) is 2.47. The van der Waals surface area contributed by atoms with Crippen molar-refractivity contribution in [1.29, 1.82) is 0 Å². The van der Waals surface area contributed by atoms with E-state index in [1.165, 1.54) is 18.5 Å². The van der Waals surface area contributed by atoms with Crippen LogP contribution in [0.4, 0.5) is 0 Å². The summed E-state index contributed by atoms with van der Waals surface area (Å²) in [5.74, 6) is 0. The molecule has 1 aromatic rings.